The lowest BCUT2D eigenvalue weighted by Gasteiger charge is -2.23. The van der Waals surface area contributed by atoms with E-state index in [2.05, 4.69) is 10.6 Å². The van der Waals surface area contributed by atoms with Crippen LogP contribution in [0.4, 0.5) is 5.69 Å². The fraction of sp³-hybridized carbons (Fsp3) is 0.348. The van der Waals surface area contributed by atoms with Crippen LogP contribution in [0.1, 0.15) is 39.9 Å². The lowest BCUT2D eigenvalue weighted by molar-refractivity contribution is -0.122. The van der Waals surface area contributed by atoms with E-state index in [1.54, 1.807) is 12.1 Å². The summed E-state index contributed by atoms with van der Waals surface area (Å²) in [5, 5.41) is 5.53. The van der Waals surface area contributed by atoms with Gasteiger partial charge < -0.3 is 16.4 Å². The molecule has 0 saturated carbocycles. The normalized spacial score (nSPS) is 16.3. The quantitative estimate of drug-likeness (QED) is 0.653. The molecule has 0 spiro atoms. The van der Waals surface area contributed by atoms with Gasteiger partial charge in [-0.25, -0.2) is 0 Å². The summed E-state index contributed by atoms with van der Waals surface area (Å²) < 4.78 is 0. The molecule has 2 aromatic rings. The second kappa shape index (κ2) is 9.54. The van der Waals surface area contributed by atoms with Crippen LogP contribution in [0.15, 0.2) is 42.5 Å². The number of amides is 3. The zero-order chi connectivity index (χ0) is 21.7. The lowest BCUT2D eigenvalue weighted by Crippen LogP contribution is -2.40. The number of para-hydroxylation sites is 1. The summed E-state index contributed by atoms with van der Waals surface area (Å²) in [5.41, 5.74) is 9.60. The molecule has 0 bridgehead atoms. The first kappa shape index (κ1) is 21.5. The van der Waals surface area contributed by atoms with Gasteiger partial charge in [-0.3, -0.25) is 19.3 Å². The Kier molecular flexibility index (Phi) is 6.84. The van der Waals surface area contributed by atoms with Crippen LogP contribution >= 0.6 is 0 Å². The van der Waals surface area contributed by atoms with E-state index in [9.17, 15) is 14.4 Å². The zero-order valence-corrected chi connectivity index (χ0v) is 17.4. The molecule has 1 aliphatic heterocycles. The summed E-state index contributed by atoms with van der Waals surface area (Å²) in [7, 11) is 0. The SMILES string of the molecule is Cc1cc(C)cc(C(=O)NCC(=O)Nc2ccccc2CN2CCCC2C(N)=O)c1. The van der Waals surface area contributed by atoms with Crippen LogP contribution in [-0.4, -0.2) is 41.8 Å². The van der Waals surface area contributed by atoms with Crippen LogP contribution in [0, 0.1) is 13.8 Å². The minimum absolute atomic E-state index is 0.131. The second-order valence-electron chi connectivity index (χ2n) is 7.80. The molecular formula is C23H28N4O3. The second-order valence-corrected chi connectivity index (χ2v) is 7.80. The van der Waals surface area contributed by atoms with E-state index < -0.39 is 0 Å². The summed E-state index contributed by atoms with van der Waals surface area (Å²) >= 11 is 0. The molecule has 1 fully saturated rings. The molecule has 1 unspecified atom stereocenters. The number of hydrogen-bond acceptors (Lipinski definition) is 4. The number of primary amides is 1. The fourth-order valence-electron chi connectivity index (χ4n) is 3.90. The number of anilines is 1. The third-order valence-corrected chi connectivity index (χ3v) is 5.25. The van der Waals surface area contributed by atoms with Crippen LogP contribution in [0.2, 0.25) is 0 Å². The monoisotopic (exact) mass is 408 g/mol. The molecule has 30 heavy (non-hydrogen) atoms. The molecule has 2 aromatic carbocycles. The lowest BCUT2D eigenvalue weighted by atomic mass is 10.1. The molecule has 1 atom stereocenters. The number of rotatable bonds is 7. The maximum Gasteiger partial charge on any atom is 0.251 e. The smallest absolute Gasteiger partial charge is 0.251 e. The number of carbonyl (C=O) groups excluding carboxylic acids is 3. The largest absolute Gasteiger partial charge is 0.368 e. The predicted octanol–water partition coefficient (Wildman–Crippen LogP) is 2.12. The van der Waals surface area contributed by atoms with Gasteiger partial charge in [0, 0.05) is 17.8 Å². The van der Waals surface area contributed by atoms with Gasteiger partial charge in [0.1, 0.15) is 0 Å². The minimum atomic E-state index is -0.317. The van der Waals surface area contributed by atoms with Crippen molar-refractivity contribution in [3.8, 4) is 0 Å². The van der Waals surface area contributed by atoms with Crippen molar-refractivity contribution in [2.75, 3.05) is 18.4 Å². The number of likely N-dealkylation sites (tertiary alicyclic amines) is 1. The topological polar surface area (TPSA) is 105 Å². The molecule has 0 aliphatic carbocycles. The average molecular weight is 409 g/mol. The van der Waals surface area contributed by atoms with Crippen LogP contribution in [0.25, 0.3) is 0 Å². The van der Waals surface area contributed by atoms with Gasteiger partial charge in [-0.1, -0.05) is 35.4 Å². The molecule has 1 aliphatic rings. The van der Waals surface area contributed by atoms with Gasteiger partial charge in [-0.15, -0.1) is 0 Å². The molecule has 0 aromatic heterocycles. The van der Waals surface area contributed by atoms with E-state index in [0.29, 0.717) is 17.8 Å². The molecule has 7 nitrogen and oxygen atoms in total. The maximum absolute atomic E-state index is 12.4. The summed E-state index contributed by atoms with van der Waals surface area (Å²) in [6, 6.07) is 12.8. The molecule has 0 radical (unpaired) electrons. The zero-order valence-electron chi connectivity index (χ0n) is 17.4. The third-order valence-electron chi connectivity index (χ3n) is 5.25. The highest BCUT2D eigenvalue weighted by Gasteiger charge is 2.29. The number of carbonyl (C=O) groups is 3. The van der Waals surface area contributed by atoms with Gasteiger partial charge >= 0.3 is 0 Å². The van der Waals surface area contributed by atoms with E-state index in [1.807, 2.05) is 49.1 Å². The first-order valence-electron chi connectivity index (χ1n) is 10.1. The molecule has 1 saturated heterocycles. The van der Waals surface area contributed by atoms with Crippen molar-refractivity contribution in [1.29, 1.82) is 0 Å². The van der Waals surface area contributed by atoms with Gasteiger partial charge in [-0.05, 0) is 57.0 Å². The molecule has 4 N–H and O–H groups in total. The Morgan fingerprint density at radius 1 is 1.10 bits per heavy atom. The van der Waals surface area contributed by atoms with Crippen molar-refractivity contribution < 1.29 is 14.4 Å². The Morgan fingerprint density at radius 3 is 2.50 bits per heavy atom. The Bertz CT molecular complexity index is 937. The van der Waals surface area contributed by atoms with Gasteiger partial charge in [0.25, 0.3) is 5.91 Å². The van der Waals surface area contributed by atoms with Crippen molar-refractivity contribution in [2.24, 2.45) is 5.73 Å². The fourth-order valence-corrected chi connectivity index (χ4v) is 3.90. The van der Waals surface area contributed by atoms with Crippen LogP contribution < -0.4 is 16.4 Å². The maximum atomic E-state index is 12.4. The van der Waals surface area contributed by atoms with Crippen molar-refractivity contribution in [1.82, 2.24) is 10.2 Å². The standard InChI is InChI=1S/C23H28N4O3/c1-15-10-16(2)12-18(11-15)23(30)25-13-21(28)26-19-7-4-3-6-17(19)14-27-9-5-8-20(27)22(24)29/h3-4,6-7,10-12,20H,5,8-9,13-14H2,1-2H3,(H2,24,29)(H,25,30)(H,26,28). The number of benzene rings is 2. The van der Waals surface area contributed by atoms with Crippen LogP contribution in [0.3, 0.4) is 0 Å². The molecule has 3 rings (SSSR count). The Hall–Kier alpha value is -3.19. The Labute approximate surface area is 176 Å². The van der Waals surface area contributed by atoms with Gasteiger partial charge in [0.15, 0.2) is 0 Å². The van der Waals surface area contributed by atoms with Gasteiger partial charge in [0.05, 0.1) is 12.6 Å². The Morgan fingerprint density at radius 2 is 1.80 bits per heavy atom. The molecule has 1 heterocycles. The molecule has 3 amide bonds. The number of nitrogens with two attached hydrogens (primary N) is 1. The molecular weight excluding hydrogens is 380 g/mol. The van der Waals surface area contributed by atoms with E-state index in [4.69, 9.17) is 5.73 Å². The number of aryl methyl sites for hydroxylation is 2. The molecule has 7 heteroatoms. The average Bonchev–Trinajstić information content (AvgIpc) is 3.15. The number of hydrogen-bond donors (Lipinski definition) is 3. The first-order valence-corrected chi connectivity index (χ1v) is 10.1. The van der Waals surface area contributed by atoms with E-state index >= 15 is 0 Å². The third kappa shape index (κ3) is 5.45. The highest BCUT2D eigenvalue weighted by Crippen LogP contribution is 2.23. The van der Waals surface area contributed by atoms with Crippen molar-refractivity contribution >= 4 is 23.4 Å². The summed E-state index contributed by atoms with van der Waals surface area (Å²) in [6.45, 7) is 5.04. The number of nitrogens with zero attached hydrogens (tertiary/aromatic N) is 1. The van der Waals surface area contributed by atoms with Crippen molar-refractivity contribution in [3.05, 3.63) is 64.7 Å². The highest BCUT2D eigenvalue weighted by atomic mass is 16.2. The number of nitrogens with one attached hydrogen (secondary N) is 2. The summed E-state index contributed by atoms with van der Waals surface area (Å²) in [5.74, 6) is -0.914. The van der Waals surface area contributed by atoms with Crippen molar-refractivity contribution in [2.45, 2.75) is 39.3 Å². The van der Waals surface area contributed by atoms with Gasteiger partial charge in [-0.2, -0.15) is 0 Å². The van der Waals surface area contributed by atoms with Crippen molar-refractivity contribution in [3.63, 3.8) is 0 Å². The van der Waals surface area contributed by atoms with E-state index in [1.165, 1.54) is 0 Å². The Balaban J connectivity index is 1.60. The van der Waals surface area contributed by atoms with Gasteiger partial charge in [0.2, 0.25) is 11.8 Å². The summed E-state index contributed by atoms with van der Waals surface area (Å²) in [4.78, 5) is 38.5. The van der Waals surface area contributed by atoms with Crippen LogP contribution in [-0.2, 0) is 16.1 Å². The van der Waals surface area contributed by atoms with E-state index in [0.717, 1.165) is 36.1 Å². The summed E-state index contributed by atoms with van der Waals surface area (Å²) in [6.07, 6.45) is 1.68. The molecule has 158 valence electrons. The van der Waals surface area contributed by atoms with Crippen LogP contribution in [0.5, 0.6) is 0 Å². The van der Waals surface area contributed by atoms with E-state index in [-0.39, 0.29) is 30.3 Å². The first-order chi connectivity index (χ1) is 14.3. The predicted molar refractivity (Wildman–Crippen MR) is 116 cm³/mol. The highest BCUT2D eigenvalue weighted by molar-refractivity contribution is 5.99. The minimum Gasteiger partial charge on any atom is -0.368 e.